The van der Waals surface area contributed by atoms with E-state index in [0.717, 1.165) is 0 Å². The summed E-state index contributed by atoms with van der Waals surface area (Å²) >= 11 is 0. The zero-order chi connectivity index (χ0) is 12.5. The van der Waals surface area contributed by atoms with Crippen molar-refractivity contribution in [1.29, 1.82) is 0 Å². The number of sulfonamides is 1. The van der Waals surface area contributed by atoms with E-state index >= 15 is 0 Å². The number of nitrogens with zero attached hydrogens (tertiary/aromatic N) is 3. The Hall–Kier alpha value is -1.83. The van der Waals surface area contributed by atoms with Gasteiger partial charge in [0, 0.05) is 12.1 Å². The zero-order valence-electron chi connectivity index (χ0n) is 9.45. The second-order valence-corrected chi connectivity index (χ2v) is 5.43. The first-order chi connectivity index (χ1) is 8.00. The van der Waals surface area contributed by atoms with Crippen molar-refractivity contribution >= 4 is 15.8 Å². The van der Waals surface area contributed by atoms with E-state index in [2.05, 4.69) is 19.8 Å². The fraction of sp³-hybridized carbons (Fsp3) is 0.333. The van der Waals surface area contributed by atoms with E-state index in [1.165, 1.54) is 12.5 Å². The Morgan fingerprint density at radius 1 is 1.47 bits per heavy atom. The number of hydrogen-bond donors (Lipinski definition) is 2. The van der Waals surface area contributed by atoms with Gasteiger partial charge in [0.2, 0.25) is 0 Å². The van der Waals surface area contributed by atoms with Crippen LogP contribution in [-0.2, 0) is 10.0 Å². The molecule has 0 aliphatic rings. The minimum absolute atomic E-state index is 0.0222. The van der Waals surface area contributed by atoms with Crippen LogP contribution in [0, 0.1) is 0 Å². The Labute approximate surface area is 98.9 Å². The van der Waals surface area contributed by atoms with Crippen LogP contribution in [0.1, 0.15) is 19.9 Å². The molecule has 2 N–H and O–H groups in total. The minimum Gasteiger partial charge on any atom is -0.334 e. The average Bonchev–Trinajstić information content (AvgIpc) is 2.85. The van der Waals surface area contributed by atoms with E-state index in [-0.39, 0.29) is 11.1 Å². The third kappa shape index (κ3) is 2.31. The molecule has 0 aliphatic carbocycles. The highest BCUT2D eigenvalue weighted by molar-refractivity contribution is 7.92. The molecule has 0 radical (unpaired) electrons. The molecule has 0 saturated carbocycles. The normalized spacial score (nSPS) is 11.9. The second kappa shape index (κ2) is 4.21. The maximum Gasteiger partial charge on any atom is 0.280 e. The number of H-pyrrole nitrogens is 1. The Kier molecular flexibility index (Phi) is 2.88. The molecular formula is C9H13N5O2S. The summed E-state index contributed by atoms with van der Waals surface area (Å²) in [6, 6.07) is 1.68. The molecule has 0 atom stereocenters. The Morgan fingerprint density at radius 2 is 2.24 bits per heavy atom. The first kappa shape index (κ1) is 11.6. The number of aromatic nitrogens is 4. The molecule has 2 aromatic rings. The van der Waals surface area contributed by atoms with Crippen molar-refractivity contribution in [3.8, 4) is 0 Å². The van der Waals surface area contributed by atoms with Gasteiger partial charge >= 0.3 is 0 Å². The van der Waals surface area contributed by atoms with Crippen molar-refractivity contribution < 1.29 is 8.42 Å². The van der Waals surface area contributed by atoms with Crippen LogP contribution in [0.25, 0.3) is 0 Å². The first-order valence-corrected chi connectivity index (χ1v) is 6.54. The Morgan fingerprint density at radius 3 is 2.82 bits per heavy atom. The monoisotopic (exact) mass is 255 g/mol. The van der Waals surface area contributed by atoms with Crippen LogP contribution in [0.5, 0.6) is 0 Å². The van der Waals surface area contributed by atoms with Crippen molar-refractivity contribution in [2.75, 3.05) is 4.72 Å². The average molecular weight is 255 g/mol. The lowest BCUT2D eigenvalue weighted by Gasteiger charge is -2.11. The topological polar surface area (TPSA) is 92.7 Å². The van der Waals surface area contributed by atoms with Crippen molar-refractivity contribution in [2.45, 2.75) is 24.9 Å². The summed E-state index contributed by atoms with van der Waals surface area (Å²) in [7, 11) is -3.62. The van der Waals surface area contributed by atoms with Gasteiger partial charge in [-0.15, -0.1) is 0 Å². The molecule has 0 bridgehead atoms. The summed E-state index contributed by atoms with van der Waals surface area (Å²) in [6.45, 7) is 3.84. The molecule has 0 aromatic carbocycles. The largest absolute Gasteiger partial charge is 0.334 e. The summed E-state index contributed by atoms with van der Waals surface area (Å²) in [4.78, 5) is 6.23. The van der Waals surface area contributed by atoms with Gasteiger partial charge in [-0.2, -0.15) is 13.5 Å². The summed E-state index contributed by atoms with van der Waals surface area (Å²) in [5.41, 5.74) is 0. The molecule has 7 nitrogen and oxygen atoms in total. The van der Waals surface area contributed by atoms with Gasteiger partial charge in [-0.25, -0.2) is 9.67 Å². The van der Waals surface area contributed by atoms with Gasteiger partial charge in [-0.3, -0.25) is 4.72 Å². The Balaban J connectivity index is 2.30. The van der Waals surface area contributed by atoms with Gasteiger partial charge in [-0.05, 0) is 13.8 Å². The number of imidazole rings is 1. The molecule has 92 valence electrons. The number of hydrogen-bond acceptors (Lipinski definition) is 4. The SMILES string of the molecule is CC(C)n1nccc1NS(=O)(=O)c1cnc[nH]1. The number of anilines is 1. The molecule has 2 rings (SSSR count). The number of nitrogens with one attached hydrogen (secondary N) is 2. The van der Waals surface area contributed by atoms with Crippen LogP contribution in [0.4, 0.5) is 5.82 Å². The van der Waals surface area contributed by atoms with Crippen molar-refractivity contribution in [2.24, 2.45) is 0 Å². The fourth-order valence-electron chi connectivity index (χ4n) is 1.39. The molecule has 8 heteroatoms. The molecule has 0 spiro atoms. The lowest BCUT2D eigenvalue weighted by Crippen LogP contribution is -2.17. The van der Waals surface area contributed by atoms with E-state index in [1.807, 2.05) is 13.8 Å². The van der Waals surface area contributed by atoms with Crippen LogP contribution in [-0.4, -0.2) is 28.2 Å². The second-order valence-electron chi connectivity index (χ2n) is 3.78. The third-order valence-electron chi connectivity index (χ3n) is 2.16. The smallest absolute Gasteiger partial charge is 0.280 e. The number of rotatable bonds is 4. The maximum atomic E-state index is 11.9. The zero-order valence-corrected chi connectivity index (χ0v) is 10.3. The van der Waals surface area contributed by atoms with E-state index < -0.39 is 10.0 Å². The van der Waals surface area contributed by atoms with E-state index in [0.29, 0.717) is 5.82 Å². The van der Waals surface area contributed by atoms with Crippen LogP contribution < -0.4 is 4.72 Å². The third-order valence-corrected chi connectivity index (χ3v) is 3.44. The van der Waals surface area contributed by atoms with Crippen molar-refractivity contribution in [3.05, 3.63) is 24.8 Å². The van der Waals surface area contributed by atoms with Gasteiger partial charge in [0.15, 0.2) is 5.03 Å². The van der Waals surface area contributed by atoms with Crippen molar-refractivity contribution in [3.63, 3.8) is 0 Å². The lowest BCUT2D eigenvalue weighted by atomic mass is 10.4. The van der Waals surface area contributed by atoms with E-state index in [9.17, 15) is 8.42 Å². The van der Waals surface area contributed by atoms with Gasteiger partial charge in [0.05, 0.1) is 18.7 Å². The lowest BCUT2D eigenvalue weighted by molar-refractivity contribution is 0.539. The standard InChI is InChI=1S/C9H13N5O2S/c1-7(2)14-8(3-4-12-14)13-17(15,16)9-5-10-6-11-9/h3-7,13H,1-2H3,(H,10,11). The molecule has 0 saturated heterocycles. The first-order valence-electron chi connectivity index (χ1n) is 5.05. The maximum absolute atomic E-state index is 11.9. The predicted molar refractivity (Wildman–Crippen MR) is 62.0 cm³/mol. The molecule has 0 fully saturated rings. The molecule has 2 aromatic heterocycles. The van der Waals surface area contributed by atoms with Gasteiger partial charge < -0.3 is 4.98 Å². The molecule has 17 heavy (non-hydrogen) atoms. The Bertz CT molecular complexity index is 585. The van der Waals surface area contributed by atoms with Crippen LogP contribution >= 0.6 is 0 Å². The van der Waals surface area contributed by atoms with Crippen molar-refractivity contribution in [1.82, 2.24) is 19.7 Å². The molecule has 0 aliphatic heterocycles. The van der Waals surface area contributed by atoms with Gasteiger partial charge in [-0.1, -0.05) is 0 Å². The highest BCUT2D eigenvalue weighted by Gasteiger charge is 2.18. The van der Waals surface area contributed by atoms with Gasteiger partial charge in [0.25, 0.3) is 10.0 Å². The quantitative estimate of drug-likeness (QED) is 0.852. The molecule has 0 unspecified atom stereocenters. The van der Waals surface area contributed by atoms with Crippen LogP contribution in [0.2, 0.25) is 0 Å². The van der Waals surface area contributed by atoms with Gasteiger partial charge in [0.1, 0.15) is 5.82 Å². The summed E-state index contributed by atoms with van der Waals surface area (Å²) in [5, 5.41) is 4.07. The van der Waals surface area contributed by atoms with Crippen LogP contribution in [0.3, 0.4) is 0 Å². The summed E-state index contributed by atoms with van der Waals surface area (Å²) in [6.07, 6.45) is 4.11. The predicted octanol–water partition coefficient (Wildman–Crippen LogP) is 0.988. The molecular weight excluding hydrogens is 242 g/mol. The van der Waals surface area contributed by atoms with E-state index in [4.69, 9.17) is 0 Å². The molecule has 0 amide bonds. The van der Waals surface area contributed by atoms with Crippen LogP contribution in [0.15, 0.2) is 29.8 Å². The minimum atomic E-state index is -3.62. The highest BCUT2D eigenvalue weighted by atomic mass is 32.2. The van der Waals surface area contributed by atoms with E-state index in [1.54, 1.807) is 16.9 Å². The number of aromatic amines is 1. The highest BCUT2D eigenvalue weighted by Crippen LogP contribution is 2.16. The summed E-state index contributed by atoms with van der Waals surface area (Å²) in [5.74, 6) is 0.426. The molecule has 2 heterocycles. The summed E-state index contributed by atoms with van der Waals surface area (Å²) < 4.78 is 27.9. The fourth-order valence-corrected chi connectivity index (χ4v) is 2.34.